The van der Waals surface area contributed by atoms with E-state index in [2.05, 4.69) is 10.3 Å². The van der Waals surface area contributed by atoms with Gasteiger partial charge in [0.05, 0.1) is 11.7 Å². The normalized spacial score (nSPS) is 14.8. The maximum Gasteiger partial charge on any atom is 0.417 e. The number of anilines is 2. The van der Waals surface area contributed by atoms with Crippen molar-refractivity contribution in [1.29, 1.82) is 0 Å². The van der Waals surface area contributed by atoms with Crippen molar-refractivity contribution >= 4 is 17.5 Å². The van der Waals surface area contributed by atoms with Gasteiger partial charge in [0.25, 0.3) is 0 Å². The second-order valence-electron chi connectivity index (χ2n) is 7.00. The van der Waals surface area contributed by atoms with E-state index in [0.29, 0.717) is 37.7 Å². The van der Waals surface area contributed by atoms with Crippen LogP contribution < -0.4 is 15.0 Å². The predicted molar refractivity (Wildman–Crippen MR) is 104 cm³/mol. The Kier molecular flexibility index (Phi) is 6.14. The van der Waals surface area contributed by atoms with E-state index in [1.165, 1.54) is 6.07 Å². The number of urea groups is 1. The van der Waals surface area contributed by atoms with Gasteiger partial charge in [-0.2, -0.15) is 13.2 Å². The second-order valence-corrected chi connectivity index (χ2v) is 7.00. The molecule has 0 saturated carbocycles. The molecule has 0 unspecified atom stereocenters. The lowest BCUT2D eigenvalue weighted by Gasteiger charge is -2.35. The molecule has 1 aromatic carbocycles. The van der Waals surface area contributed by atoms with Gasteiger partial charge in [0.15, 0.2) is 0 Å². The molecular formula is C20H23F3N4O2. The number of carbonyl (C=O) groups is 1. The molecule has 1 saturated heterocycles. The quantitative estimate of drug-likeness (QED) is 0.822. The summed E-state index contributed by atoms with van der Waals surface area (Å²) in [6.07, 6.45) is -3.49. The van der Waals surface area contributed by atoms with Crippen molar-refractivity contribution in [3.63, 3.8) is 0 Å². The molecule has 1 fully saturated rings. The summed E-state index contributed by atoms with van der Waals surface area (Å²) in [4.78, 5) is 19.9. The molecule has 0 spiro atoms. The van der Waals surface area contributed by atoms with E-state index in [9.17, 15) is 18.0 Å². The van der Waals surface area contributed by atoms with Crippen molar-refractivity contribution in [2.24, 2.45) is 0 Å². The van der Waals surface area contributed by atoms with E-state index in [4.69, 9.17) is 4.74 Å². The molecule has 1 N–H and O–H groups in total. The highest BCUT2D eigenvalue weighted by Crippen LogP contribution is 2.29. The van der Waals surface area contributed by atoms with Crippen LogP contribution in [0.4, 0.5) is 29.5 Å². The molecule has 1 aliphatic rings. The number of carbonyl (C=O) groups excluding carboxylic acids is 1. The molecule has 156 valence electrons. The average molecular weight is 408 g/mol. The number of piperazine rings is 1. The number of hydrogen-bond donors (Lipinski definition) is 1. The number of rotatable bonds is 4. The van der Waals surface area contributed by atoms with Gasteiger partial charge < -0.3 is 19.9 Å². The minimum absolute atomic E-state index is 0.0749. The molecule has 29 heavy (non-hydrogen) atoms. The van der Waals surface area contributed by atoms with Crippen molar-refractivity contribution in [3.05, 3.63) is 48.2 Å². The molecule has 6 nitrogen and oxygen atoms in total. The lowest BCUT2D eigenvalue weighted by atomic mass is 10.2. The van der Waals surface area contributed by atoms with Gasteiger partial charge in [0.2, 0.25) is 0 Å². The Morgan fingerprint density at radius 1 is 1.07 bits per heavy atom. The smallest absolute Gasteiger partial charge is 0.417 e. The van der Waals surface area contributed by atoms with Crippen LogP contribution in [0.2, 0.25) is 0 Å². The maximum atomic E-state index is 12.6. The van der Waals surface area contributed by atoms with Crippen LogP contribution in [0.15, 0.2) is 42.6 Å². The van der Waals surface area contributed by atoms with Crippen LogP contribution in [0, 0.1) is 0 Å². The molecule has 0 radical (unpaired) electrons. The Labute approximate surface area is 167 Å². The van der Waals surface area contributed by atoms with Crippen molar-refractivity contribution in [3.8, 4) is 5.75 Å². The van der Waals surface area contributed by atoms with Crippen molar-refractivity contribution < 1.29 is 22.7 Å². The van der Waals surface area contributed by atoms with E-state index in [1.54, 1.807) is 29.2 Å². The Morgan fingerprint density at radius 3 is 2.24 bits per heavy atom. The van der Waals surface area contributed by atoms with E-state index >= 15 is 0 Å². The Balaban J connectivity index is 1.51. The van der Waals surface area contributed by atoms with Gasteiger partial charge in [-0.05, 0) is 50.2 Å². The molecular weight excluding hydrogens is 385 g/mol. The van der Waals surface area contributed by atoms with Crippen LogP contribution in [0.3, 0.4) is 0 Å². The molecule has 2 aromatic rings. The third-order valence-electron chi connectivity index (χ3n) is 4.44. The van der Waals surface area contributed by atoms with Gasteiger partial charge >= 0.3 is 12.2 Å². The van der Waals surface area contributed by atoms with Gasteiger partial charge in [0.1, 0.15) is 11.6 Å². The molecule has 1 aliphatic heterocycles. The summed E-state index contributed by atoms with van der Waals surface area (Å²) in [6, 6.07) is 9.30. The zero-order valence-corrected chi connectivity index (χ0v) is 16.2. The Hall–Kier alpha value is -2.97. The summed E-state index contributed by atoms with van der Waals surface area (Å²) in [5.41, 5.74) is -0.109. The first-order valence-electron chi connectivity index (χ1n) is 9.33. The molecule has 0 aliphatic carbocycles. The molecule has 3 rings (SSSR count). The number of halogens is 3. The van der Waals surface area contributed by atoms with Gasteiger partial charge in [-0.1, -0.05) is 0 Å². The van der Waals surface area contributed by atoms with Crippen molar-refractivity contribution in [1.82, 2.24) is 9.88 Å². The van der Waals surface area contributed by atoms with Crippen LogP contribution in [0.5, 0.6) is 5.75 Å². The van der Waals surface area contributed by atoms with Crippen LogP contribution in [-0.4, -0.2) is 48.2 Å². The van der Waals surface area contributed by atoms with E-state index < -0.39 is 11.7 Å². The largest absolute Gasteiger partial charge is 0.491 e. The van der Waals surface area contributed by atoms with Crippen LogP contribution in [0.25, 0.3) is 0 Å². The number of nitrogens with zero attached hydrogens (tertiary/aromatic N) is 3. The van der Waals surface area contributed by atoms with Gasteiger partial charge in [0, 0.05) is 38.1 Å². The van der Waals surface area contributed by atoms with E-state index in [0.717, 1.165) is 18.0 Å². The maximum absolute atomic E-state index is 12.6. The summed E-state index contributed by atoms with van der Waals surface area (Å²) in [7, 11) is 0. The third-order valence-corrected chi connectivity index (χ3v) is 4.44. The lowest BCUT2D eigenvalue weighted by Crippen LogP contribution is -2.50. The first-order chi connectivity index (χ1) is 13.7. The number of alkyl halides is 3. The topological polar surface area (TPSA) is 57.7 Å². The van der Waals surface area contributed by atoms with Gasteiger partial charge in [-0.25, -0.2) is 9.78 Å². The zero-order valence-electron chi connectivity index (χ0n) is 16.2. The molecule has 1 aromatic heterocycles. The highest BCUT2D eigenvalue weighted by Gasteiger charge is 2.31. The van der Waals surface area contributed by atoms with Gasteiger partial charge in [-0.15, -0.1) is 0 Å². The lowest BCUT2D eigenvalue weighted by molar-refractivity contribution is -0.137. The summed E-state index contributed by atoms with van der Waals surface area (Å²) in [5, 5.41) is 2.84. The van der Waals surface area contributed by atoms with E-state index in [-0.39, 0.29) is 12.1 Å². The summed E-state index contributed by atoms with van der Waals surface area (Å²) >= 11 is 0. The zero-order chi connectivity index (χ0) is 21.0. The number of aromatic nitrogens is 1. The molecule has 0 bridgehead atoms. The summed E-state index contributed by atoms with van der Waals surface area (Å²) in [6.45, 7) is 5.76. The number of benzene rings is 1. The van der Waals surface area contributed by atoms with Crippen LogP contribution >= 0.6 is 0 Å². The number of pyridine rings is 1. The molecule has 0 atom stereocenters. The SMILES string of the molecule is CC(C)Oc1ccc(NC(=O)N2CCN(c3ccc(C(F)(F)F)cn3)CC2)cc1. The molecule has 9 heteroatoms. The fourth-order valence-corrected chi connectivity index (χ4v) is 2.97. The third kappa shape index (κ3) is 5.52. The van der Waals surface area contributed by atoms with Crippen LogP contribution in [-0.2, 0) is 6.18 Å². The first kappa shape index (κ1) is 20.8. The first-order valence-corrected chi connectivity index (χ1v) is 9.33. The predicted octanol–water partition coefficient (Wildman–Crippen LogP) is 4.24. The fraction of sp³-hybridized carbons (Fsp3) is 0.400. The summed E-state index contributed by atoms with van der Waals surface area (Å²) in [5.74, 6) is 1.20. The number of hydrogen-bond acceptors (Lipinski definition) is 4. The Morgan fingerprint density at radius 2 is 1.72 bits per heavy atom. The summed E-state index contributed by atoms with van der Waals surface area (Å²) < 4.78 is 43.5. The molecule has 2 heterocycles. The van der Waals surface area contributed by atoms with Crippen molar-refractivity contribution in [2.45, 2.75) is 26.1 Å². The minimum Gasteiger partial charge on any atom is -0.491 e. The number of ether oxygens (including phenoxy) is 1. The molecule has 2 amide bonds. The highest BCUT2D eigenvalue weighted by molar-refractivity contribution is 5.89. The number of nitrogens with one attached hydrogen (secondary N) is 1. The highest BCUT2D eigenvalue weighted by atomic mass is 19.4. The minimum atomic E-state index is -4.40. The van der Waals surface area contributed by atoms with Crippen LogP contribution in [0.1, 0.15) is 19.4 Å². The monoisotopic (exact) mass is 408 g/mol. The fourth-order valence-electron chi connectivity index (χ4n) is 2.97. The standard InChI is InChI=1S/C20H23F3N4O2/c1-14(2)29-17-6-4-16(5-7-17)25-19(28)27-11-9-26(10-12-27)18-8-3-15(13-24-18)20(21,22)23/h3-8,13-14H,9-12H2,1-2H3,(H,25,28). The van der Waals surface area contributed by atoms with Gasteiger partial charge in [-0.3, -0.25) is 0 Å². The Bertz CT molecular complexity index is 815. The number of amides is 2. The average Bonchev–Trinajstić information content (AvgIpc) is 2.69. The second kappa shape index (κ2) is 8.59. The van der Waals surface area contributed by atoms with Crippen molar-refractivity contribution in [2.75, 3.05) is 36.4 Å². The van der Waals surface area contributed by atoms with E-state index in [1.807, 2.05) is 18.7 Å².